The molecule has 0 fully saturated rings. The Labute approximate surface area is 64.1 Å². The molecule has 0 saturated carbocycles. The Kier molecular flexibility index (Phi) is 2.31. The zero-order valence-corrected chi connectivity index (χ0v) is 6.03. The van der Waals surface area contributed by atoms with Gasteiger partial charge in [-0.05, 0) is 29.3 Å². The standard InChI is InChI=1S/C6H4F2O2S/c7-5-2-1-4(11(9)10)3-6(5)8/h1-3H,(H,9,10)/p-1. The maximum absolute atomic E-state index is 12.3. The van der Waals surface area contributed by atoms with E-state index in [9.17, 15) is 17.5 Å². The Hall–Kier alpha value is -0.810. The van der Waals surface area contributed by atoms with E-state index < -0.39 is 22.7 Å². The van der Waals surface area contributed by atoms with Crippen LogP contribution in [-0.4, -0.2) is 8.76 Å². The normalized spacial score (nSPS) is 13.0. The lowest BCUT2D eigenvalue weighted by Crippen LogP contribution is -1.91. The predicted molar refractivity (Wildman–Crippen MR) is 33.5 cm³/mol. The number of hydrogen-bond acceptors (Lipinski definition) is 2. The summed E-state index contributed by atoms with van der Waals surface area (Å²) >= 11 is -2.50. The molecule has 0 aromatic heterocycles. The lowest BCUT2D eigenvalue weighted by atomic mass is 10.3. The largest absolute Gasteiger partial charge is 0.768 e. The van der Waals surface area contributed by atoms with Crippen LogP contribution in [0.15, 0.2) is 23.1 Å². The van der Waals surface area contributed by atoms with E-state index in [1.165, 1.54) is 0 Å². The van der Waals surface area contributed by atoms with Gasteiger partial charge in [0.25, 0.3) is 0 Å². The lowest BCUT2D eigenvalue weighted by molar-refractivity contribution is 0.501. The Morgan fingerprint density at radius 3 is 2.36 bits per heavy atom. The van der Waals surface area contributed by atoms with E-state index >= 15 is 0 Å². The molecule has 0 N–H and O–H groups in total. The van der Waals surface area contributed by atoms with Crippen molar-refractivity contribution in [2.24, 2.45) is 0 Å². The second-order valence-electron chi connectivity index (χ2n) is 1.81. The average molecular weight is 177 g/mol. The minimum atomic E-state index is -2.50. The van der Waals surface area contributed by atoms with E-state index in [2.05, 4.69) is 0 Å². The van der Waals surface area contributed by atoms with Crippen molar-refractivity contribution in [3.8, 4) is 0 Å². The first-order valence-electron chi connectivity index (χ1n) is 2.65. The van der Waals surface area contributed by atoms with Gasteiger partial charge < -0.3 is 4.55 Å². The first kappa shape index (κ1) is 8.29. The Morgan fingerprint density at radius 2 is 1.91 bits per heavy atom. The van der Waals surface area contributed by atoms with E-state index in [-0.39, 0.29) is 4.90 Å². The summed E-state index contributed by atoms with van der Waals surface area (Å²) in [6.45, 7) is 0. The van der Waals surface area contributed by atoms with Crippen molar-refractivity contribution in [3.05, 3.63) is 29.8 Å². The summed E-state index contributed by atoms with van der Waals surface area (Å²) in [7, 11) is 0. The van der Waals surface area contributed by atoms with Crippen LogP contribution in [0.4, 0.5) is 8.78 Å². The van der Waals surface area contributed by atoms with E-state index in [1.807, 2.05) is 0 Å². The van der Waals surface area contributed by atoms with Crippen LogP contribution in [-0.2, 0) is 11.1 Å². The fourth-order valence-electron chi connectivity index (χ4n) is 0.581. The fourth-order valence-corrected chi connectivity index (χ4v) is 0.959. The smallest absolute Gasteiger partial charge is 0.159 e. The van der Waals surface area contributed by atoms with Crippen LogP contribution in [0.1, 0.15) is 0 Å². The van der Waals surface area contributed by atoms with Crippen LogP contribution >= 0.6 is 0 Å². The summed E-state index contributed by atoms with van der Waals surface area (Å²) in [6.07, 6.45) is 0. The van der Waals surface area contributed by atoms with Gasteiger partial charge in [0.2, 0.25) is 0 Å². The van der Waals surface area contributed by atoms with Crippen molar-refractivity contribution >= 4 is 11.1 Å². The maximum Gasteiger partial charge on any atom is 0.159 e. The van der Waals surface area contributed by atoms with Crippen molar-refractivity contribution < 1.29 is 17.5 Å². The van der Waals surface area contributed by atoms with Gasteiger partial charge in [-0.25, -0.2) is 8.78 Å². The summed E-state index contributed by atoms with van der Waals surface area (Å²) in [5, 5.41) is 0. The van der Waals surface area contributed by atoms with Crippen LogP contribution < -0.4 is 0 Å². The third kappa shape index (κ3) is 1.81. The molecule has 0 radical (unpaired) electrons. The molecule has 1 aromatic carbocycles. The Balaban J connectivity index is 3.15. The van der Waals surface area contributed by atoms with Gasteiger partial charge in [0.05, 0.1) is 0 Å². The van der Waals surface area contributed by atoms with Gasteiger partial charge in [0.1, 0.15) is 0 Å². The highest BCUT2D eigenvalue weighted by molar-refractivity contribution is 7.79. The Morgan fingerprint density at radius 1 is 1.27 bits per heavy atom. The van der Waals surface area contributed by atoms with Gasteiger partial charge in [0.15, 0.2) is 11.6 Å². The monoisotopic (exact) mass is 177 g/mol. The number of rotatable bonds is 1. The summed E-state index contributed by atoms with van der Waals surface area (Å²) in [6, 6.07) is 2.38. The maximum atomic E-state index is 12.3. The molecular weight excluding hydrogens is 174 g/mol. The molecule has 1 atom stereocenters. The van der Waals surface area contributed by atoms with Gasteiger partial charge in [-0.3, -0.25) is 4.21 Å². The van der Waals surface area contributed by atoms with Crippen LogP contribution in [0.2, 0.25) is 0 Å². The minimum Gasteiger partial charge on any atom is -0.768 e. The zero-order chi connectivity index (χ0) is 8.43. The molecule has 0 bridgehead atoms. The molecule has 0 saturated heterocycles. The van der Waals surface area contributed by atoms with Crippen molar-refractivity contribution in [2.75, 3.05) is 0 Å². The van der Waals surface area contributed by atoms with E-state index in [0.29, 0.717) is 6.07 Å². The number of benzene rings is 1. The fraction of sp³-hybridized carbons (Fsp3) is 0. The lowest BCUT2D eigenvalue weighted by Gasteiger charge is -2.03. The highest BCUT2D eigenvalue weighted by atomic mass is 32.2. The van der Waals surface area contributed by atoms with Crippen molar-refractivity contribution in [1.82, 2.24) is 0 Å². The quantitative estimate of drug-likeness (QED) is 0.605. The van der Waals surface area contributed by atoms with Crippen molar-refractivity contribution in [3.63, 3.8) is 0 Å². The van der Waals surface area contributed by atoms with Crippen LogP contribution in [0.25, 0.3) is 0 Å². The SMILES string of the molecule is O=S([O-])c1ccc(F)c(F)c1. The summed E-state index contributed by atoms with van der Waals surface area (Å²) < 4.78 is 44.8. The molecule has 0 aliphatic heterocycles. The minimum absolute atomic E-state index is 0.260. The summed E-state index contributed by atoms with van der Waals surface area (Å²) in [5.41, 5.74) is 0. The van der Waals surface area contributed by atoms with Crippen LogP contribution in [0.5, 0.6) is 0 Å². The van der Waals surface area contributed by atoms with E-state index in [4.69, 9.17) is 0 Å². The molecule has 0 spiro atoms. The molecule has 0 heterocycles. The molecule has 11 heavy (non-hydrogen) atoms. The third-order valence-corrected chi connectivity index (χ3v) is 1.72. The molecule has 0 aliphatic rings. The van der Waals surface area contributed by atoms with Gasteiger partial charge in [-0.15, -0.1) is 0 Å². The first-order valence-corrected chi connectivity index (χ1v) is 3.73. The van der Waals surface area contributed by atoms with Crippen LogP contribution in [0.3, 0.4) is 0 Å². The highest BCUT2D eigenvalue weighted by Gasteiger charge is 2.01. The second kappa shape index (κ2) is 3.06. The van der Waals surface area contributed by atoms with Crippen molar-refractivity contribution in [1.29, 1.82) is 0 Å². The Bertz CT molecular complexity index is 301. The third-order valence-electron chi connectivity index (χ3n) is 1.08. The molecular formula is C6H3F2O2S-. The zero-order valence-electron chi connectivity index (χ0n) is 5.21. The topological polar surface area (TPSA) is 40.1 Å². The van der Waals surface area contributed by atoms with Gasteiger partial charge >= 0.3 is 0 Å². The predicted octanol–water partition coefficient (Wildman–Crippen LogP) is 1.20. The highest BCUT2D eigenvalue weighted by Crippen LogP contribution is 2.10. The average Bonchev–Trinajstić information content (AvgIpc) is 1.94. The van der Waals surface area contributed by atoms with Gasteiger partial charge in [0, 0.05) is 4.90 Å². The molecule has 0 amide bonds. The van der Waals surface area contributed by atoms with Crippen molar-refractivity contribution in [2.45, 2.75) is 4.90 Å². The molecule has 5 heteroatoms. The molecule has 1 aromatic rings. The molecule has 60 valence electrons. The molecule has 1 unspecified atom stereocenters. The molecule has 1 rings (SSSR count). The number of halogens is 2. The second-order valence-corrected chi connectivity index (χ2v) is 2.75. The number of hydrogen-bond donors (Lipinski definition) is 0. The van der Waals surface area contributed by atoms with Gasteiger partial charge in [-0.2, -0.15) is 0 Å². The molecule has 0 aliphatic carbocycles. The van der Waals surface area contributed by atoms with E-state index in [1.54, 1.807) is 0 Å². The van der Waals surface area contributed by atoms with Gasteiger partial charge in [-0.1, -0.05) is 0 Å². The molecule has 2 nitrogen and oxygen atoms in total. The van der Waals surface area contributed by atoms with E-state index in [0.717, 1.165) is 12.1 Å². The summed E-state index contributed by atoms with van der Waals surface area (Å²) in [5.74, 6) is -2.22. The van der Waals surface area contributed by atoms with Crippen LogP contribution in [0, 0.1) is 11.6 Å². The first-order chi connectivity index (χ1) is 5.11. The summed E-state index contributed by atoms with van der Waals surface area (Å²) in [4.78, 5) is -0.260.